The molecule has 162 valence electrons. The van der Waals surface area contributed by atoms with E-state index in [4.69, 9.17) is 9.72 Å². The molecule has 1 aliphatic rings. The number of rotatable bonds is 5. The quantitative estimate of drug-likeness (QED) is 0.758. The zero-order chi connectivity index (χ0) is 22.0. The lowest BCUT2D eigenvalue weighted by Gasteiger charge is -2.35. The van der Waals surface area contributed by atoms with Crippen molar-refractivity contribution in [3.05, 3.63) is 40.1 Å². The summed E-state index contributed by atoms with van der Waals surface area (Å²) in [6, 6.07) is 1.99. The maximum Gasteiger partial charge on any atom is 0.339 e. The third-order valence-corrected chi connectivity index (χ3v) is 5.55. The molecule has 1 fully saturated rings. The van der Waals surface area contributed by atoms with Gasteiger partial charge >= 0.3 is 5.97 Å². The van der Waals surface area contributed by atoms with Gasteiger partial charge in [0.25, 0.3) is 5.91 Å². The van der Waals surface area contributed by atoms with Gasteiger partial charge in [-0.15, -0.1) is 0 Å². The van der Waals surface area contributed by atoms with Crippen LogP contribution in [0.2, 0.25) is 0 Å². The van der Waals surface area contributed by atoms with E-state index in [1.165, 1.54) is 7.11 Å². The first-order valence-corrected chi connectivity index (χ1v) is 10.5. The first kappa shape index (κ1) is 21.8. The van der Waals surface area contributed by atoms with Crippen LogP contribution in [0.3, 0.4) is 0 Å². The summed E-state index contributed by atoms with van der Waals surface area (Å²) in [6.45, 7) is 12.5. The topological polar surface area (TPSA) is 91.4 Å². The van der Waals surface area contributed by atoms with Crippen molar-refractivity contribution in [1.82, 2.24) is 19.9 Å². The van der Waals surface area contributed by atoms with Crippen LogP contribution >= 0.6 is 0 Å². The number of hydrogen-bond donors (Lipinski definition) is 1. The second-order valence-electron chi connectivity index (χ2n) is 7.98. The van der Waals surface area contributed by atoms with Crippen molar-refractivity contribution < 1.29 is 14.3 Å². The van der Waals surface area contributed by atoms with Crippen LogP contribution in [0, 0.1) is 13.8 Å². The minimum atomic E-state index is -0.412. The number of methoxy groups -OCH3 is 1. The van der Waals surface area contributed by atoms with E-state index in [2.05, 4.69) is 28.7 Å². The van der Waals surface area contributed by atoms with Crippen molar-refractivity contribution in [2.24, 2.45) is 0 Å². The maximum absolute atomic E-state index is 13.2. The van der Waals surface area contributed by atoms with E-state index in [1.807, 2.05) is 24.8 Å². The molecule has 30 heavy (non-hydrogen) atoms. The molecule has 0 radical (unpaired) electrons. The van der Waals surface area contributed by atoms with E-state index in [0.717, 1.165) is 23.0 Å². The van der Waals surface area contributed by atoms with Crippen LogP contribution in [0.5, 0.6) is 0 Å². The number of H-pyrrole nitrogens is 1. The van der Waals surface area contributed by atoms with Crippen molar-refractivity contribution in [2.45, 2.75) is 47.0 Å². The predicted octanol–water partition coefficient (Wildman–Crippen LogP) is 2.86. The number of nitrogens with one attached hydrogen (secondary N) is 1. The van der Waals surface area contributed by atoms with Gasteiger partial charge in [0, 0.05) is 49.6 Å². The number of amides is 1. The number of ether oxygens (including phenoxy) is 1. The van der Waals surface area contributed by atoms with Crippen molar-refractivity contribution in [1.29, 1.82) is 0 Å². The number of carbonyl (C=O) groups is 2. The molecule has 0 aromatic carbocycles. The number of hydrogen-bond acceptors (Lipinski definition) is 6. The number of aryl methyl sites for hydroxylation is 2. The number of aromatic amines is 1. The van der Waals surface area contributed by atoms with Crippen LogP contribution < -0.4 is 4.90 Å². The van der Waals surface area contributed by atoms with E-state index < -0.39 is 5.97 Å². The summed E-state index contributed by atoms with van der Waals surface area (Å²) in [7, 11) is 1.36. The van der Waals surface area contributed by atoms with Crippen LogP contribution in [0.25, 0.3) is 0 Å². The first-order valence-electron chi connectivity index (χ1n) is 10.5. The van der Waals surface area contributed by atoms with E-state index in [1.54, 1.807) is 6.92 Å². The number of aromatic nitrogens is 3. The van der Waals surface area contributed by atoms with Gasteiger partial charge in [0.2, 0.25) is 0 Å². The lowest BCUT2D eigenvalue weighted by Crippen LogP contribution is -2.49. The third kappa shape index (κ3) is 4.17. The average molecular weight is 414 g/mol. The third-order valence-electron chi connectivity index (χ3n) is 5.55. The Morgan fingerprint density at radius 3 is 2.40 bits per heavy atom. The zero-order valence-electron chi connectivity index (χ0n) is 18.7. The Morgan fingerprint density at radius 1 is 1.17 bits per heavy atom. The minimum Gasteiger partial charge on any atom is -0.465 e. The van der Waals surface area contributed by atoms with Crippen LogP contribution in [-0.4, -0.2) is 65.0 Å². The predicted molar refractivity (Wildman–Crippen MR) is 115 cm³/mol. The summed E-state index contributed by atoms with van der Waals surface area (Å²) in [5.41, 5.74) is 3.28. The first-order chi connectivity index (χ1) is 14.3. The van der Waals surface area contributed by atoms with Crippen LogP contribution in [-0.2, 0) is 11.2 Å². The minimum absolute atomic E-state index is 0.0845. The molecule has 2 aromatic heterocycles. The summed E-state index contributed by atoms with van der Waals surface area (Å²) >= 11 is 0. The molecule has 0 spiro atoms. The average Bonchev–Trinajstić information content (AvgIpc) is 3.08. The summed E-state index contributed by atoms with van der Waals surface area (Å²) in [4.78, 5) is 41.7. The largest absolute Gasteiger partial charge is 0.465 e. The molecule has 3 heterocycles. The molecule has 1 aliphatic heterocycles. The normalized spacial score (nSPS) is 14.4. The standard InChI is InChI=1S/C22H31N5O3/c1-7-16-18(22(29)30-6)15(5)19(24-16)21(28)27-10-8-26(9-11-27)17-12-14(4)23-20(25-17)13(2)3/h12-13,24H,7-11H2,1-6H3. The number of nitrogens with zero attached hydrogens (tertiary/aromatic N) is 4. The fourth-order valence-electron chi connectivity index (χ4n) is 3.81. The van der Waals surface area contributed by atoms with Gasteiger partial charge in [0.1, 0.15) is 17.3 Å². The van der Waals surface area contributed by atoms with Gasteiger partial charge < -0.3 is 19.5 Å². The van der Waals surface area contributed by atoms with Crippen LogP contribution in [0.15, 0.2) is 6.07 Å². The molecule has 3 rings (SSSR count). The second-order valence-corrected chi connectivity index (χ2v) is 7.98. The van der Waals surface area contributed by atoms with Crippen molar-refractivity contribution in [3.8, 4) is 0 Å². The molecule has 0 atom stereocenters. The molecule has 0 unspecified atom stereocenters. The summed E-state index contributed by atoms with van der Waals surface area (Å²) in [6.07, 6.45) is 0.623. The van der Waals surface area contributed by atoms with Gasteiger partial charge in [-0.3, -0.25) is 4.79 Å². The summed E-state index contributed by atoms with van der Waals surface area (Å²) in [5, 5.41) is 0. The highest BCUT2D eigenvalue weighted by Gasteiger charge is 2.29. The SMILES string of the molecule is CCc1[nH]c(C(=O)N2CCN(c3cc(C)nc(C(C)C)n3)CC2)c(C)c1C(=O)OC. The van der Waals surface area contributed by atoms with Crippen LogP contribution in [0.1, 0.15) is 70.3 Å². The molecule has 8 heteroatoms. The Morgan fingerprint density at radius 2 is 1.83 bits per heavy atom. The van der Waals surface area contributed by atoms with E-state index in [-0.39, 0.29) is 11.8 Å². The second kappa shape index (κ2) is 8.85. The molecule has 1 amide bonds. The number of piperazine rings is 1. The summed E-state index contributed by atoms with van der Waals surface area (Å²) < 4.78 is 4.89. The van der Waals surface area contributed by atoms with Gasteiger partial charge in [-0.25, -0.2) is 14.8 Å². The smallest absolute Gasteiger partial charge is 0.339 e. The van der Waals surface area contributed by atoms with E-state index >= 15 is 0 Å². The Labute approximate surface area is 177 Å². The number of esters is 1. The lowest BCUT2D eigenvalue weighted by molar-refractivity contribution is 0.0599. The van der Waals surface area contributed by atoms with Crippen molar-refractivity contribution >= 4 is 17.7 Å². The molecule has 2 aromatic rings. The molecule has 8 nitrogen and oxygen atoms in total. The van der Waals surface area contributed by atoms with Gasteiger partial charge in [-0.1, -0.05) is 20.8 Å². The van der Waals surface area contributed by atoms with Gasteiger partial charge in [0.15, 0.2) is 0 Å². The van der Waals surface area contributed by atoms with Crippen molar-refractivity contribution in [2.75, 3.05) is 38.2 Å². The van der Waals surface area contributed by atoms with E-state index in [9.17, 15) is 9.59 Å². The molecule has 0 bridgehead atoms. The van der Waals surface area contributed by atoms with Gasteiger partial charge in [0.05, 0.1) is 12.7 Å². The Kier molecular flexibility index (Phi) is 6.43. The summed E-state index contributed by atoms with van der Waals surface area (Å²) in [5.74, 6) is 1.52. The molecule has 1 N–H and O–H groups in total. The number of anilines is 1. The fraction of sp³-hybridized carbons (Fsp3) is 0.545. The maximum atomic E-state index is 13.2. The lowest BCUT2D eigenvalue weighted by atomic mass is 10.1. The van der Waals surface area contributed by atoms with Crippen LogP contribution in [0.4, 0.5) is 5.82 Å². The Balaban J connectivity index is 1.75. The molecular formula is C22H31N5O3. The molecule has 0 aliphatic carbocycles. The van der Waals surface area contributed by atoms with Gasteiger partial charge in [-0.05, 0) is 25.8 Å². The molecule has 1 saturated heterocycles. The van der Waals surface area contributed by atoms with E-state index in [0.29, 0.717) is 49.4 Å². The molecular weight excluding hydrogens is 382 g/mol. The fourth-order valence-corrected chi connectivity index (χ4v) is 3.81. The molecule has 0 saturated carbocycles. The Bertz CT molecular complexity index is 942. The van der Waals surface area contributed by atoms with Gasteiger partial charge in [-0.2, -0.15) is 0 Å². The monoisotopic (exact) mass is 413 g/mol. The highest BCUT2D eigenvalue weighted by atomic mass is 16.5. The highest BCUT2D eigenvalue weighted by molar-refractivity contribution is 6.00. The van der Waals surface area contributed by atoms with Crippen molar-refractivity contribution in [3.63, 3.8) is 0 Å². The Hall–Kier alpha value is -2.90. The number of carbonyl (C=O) groups excluding carboxylic acids is 2. The zero-order valence-corrected chi connectivity index (χ0v) is 18.7. The highest BCUT2D eigenvalue weighted by Crippen LogP contribution is 2.23.